The first-order valence-electron chi connectivity index (χ1n) is 6.14. The summed E-state index contributed by atoms with van der Waals surface area (Å²) in [7, 11) is 1.52. The van der Waals surface area contributed by atoms with E-state index in [0.717, 1.165) is 5.39 Å². The summed E-state index contributed by atoms with van der Waals surface area (Å²) in [6.07, 6.45) is 1.64. The van der Waals surface area contributed by atoms with Crippen molar-refractivity contribution in [2.45, 2.75) is 0 Å². The predicted molar refractivity (Wildman–Crippen MR) is 75.3 cm³/mol. The van der Waals surface area contributed by atoms with Gasteiger partial charge in [-0.15, -0.1) is 0 Å². The van der Waals surface area contributed by atoms with Gasteiger partial charge < -0.3 is 15.4 Å². The zero-order valence-corrected chi connectivity index (χ0v) is 11.1. The van der Waals surface area contributed by atoms with Crippen LogP contribution in [0.3, 0.4) is 0 Å². The summed E-state index contributed by atoms with van der Waals surface area (Å²) in [5.41, 5.74) is 1.16. The van der Waals surface area contributed by atoms with Gasteiger partial charge in [-0.05, 0) is 12.1 Å². The highest BCUT2D eigenvalue weighted by molar-refractivity contribution is 6.40. The van der Waals surface area contributed by atoms with Gasteiger partial charge in [-0.25, -0.2) is 0 Å². The van der Waals surface area contributed by atoms with E-state index in [1.54, 1.807) is 18.3 Å². The number of aromatic nitrogens is 1. The zero-order valence-electron chi connectivity index (χ0n) is 11.1. The van der Waals surface area contributed by atoms with Crippen molar-refractivity contribution in [1.82, 2.24) is 10.3 Å². The van der Waals surface area contributed by atoms with Gasteiger partial charge in [0, 0.05) is 25.2 Å². The molecule has 0 atom stereocenters. The van der Waals surface area contributed by atoms with Gasteiger partial charge >= 0.3 is 11.8 Å². The average Bonchev–Trinajstić information content (AvgIpc) is 2.47. The Bertz CT molecular complexity index is 623. The number of anilines is 1. The molecule has 2 rings (SSSR count). The molecule has 2 amide bonds. The Balaban J connectivity index is 2.08. The van der Waals surface area contributed by atoms with Crippen molar-refractivity contribution in [1.29, 1.82) is 0 Å². The van der Waals surface area contributed by atoms with Crippen LogP contribution in [0.4, 0.5) is 5.69 Å². The minimum absolute atomic E-state index is 0.288. The molecule has 6 heteroatoms. The number of fused-ring (bicyclic) bond motifs is 1. The normalized spacial score (nSPS) is 10.2. The fraction of sp³-hybridized carbons (Fsp3) is 0.214. The van der Waals surface area contributed by atoms with Crippen molar-refractivity contribution in [2.75, 3.05) is 25.6 Å². The van der Waals surface area contributed by atoms with Crippen molar-refractivity contribution < 1.29 is 14.3 Å². The summed E-state index contributed by atoms with van der Waals surface area (Å²) in [5, 5.41) is 5.91. The number of rotatable bonds is 4. The first-order valence-corrected chi connectivity index (χ1v) is 6.14. The van der Waals surface area contributed by atoms with E-state index in [4.69, 9.17) is 4.74 Å². The van der Waals surface area contributed by atoms with Gasteiger partial charge in [0.1, 0.15) is 0 Å². The first-order chi connectivity index (χ1) is 9.72. The lowest BCUT2D eigenvalue weighted by Gasteiger charge is -2.08. The summed E-state index contributed by atoms with van der Waals surface area (Å²) in [6, 6.07) is 9.08. The zero-order chi connectivity index (χ0) is 14.4. The van der Waals surface area contributed by atoms with Crippen LogP contribution >= 0.6 is 0 Å². The van der Waals surface area contributed by atoms with E-state index in [2.05, 4.69) is 15.6 Å². The molecule has 6 nitrogen and oxygen atoms in total. The highest BCUT2D eigenvalue weighted by atomic mass is 16.5. The van der Waals surface area contributed by atoms with Crippen LogP contribution in [-0.2, 0) is 14.3 Å². The van der Waals surface area contributed by atoms with E-state index in [1.165, 1.54) is 7.11 Å². The molecule has 1 aromatic heterocycles. The molecule has 0 bridgehead atoms. The van der Waals surface area contributed by atoms with E-state index >= 15 is 0 Å². The van der Waals surface area contributed by atoms with Gasteiger partial charge in [0.05, 0.1) is 17.8 Å². The van der Waals surface area contributed by atoms with Crippen molar-refractivity contribution in [3.63, 3.8) is 0 Å². The van der Waals surface area contributed by atoms with Crippen molar-refractivity contribution in [3.05, 3.63) is 36.5 Å². The quantitative estimate of drug-likeness (QED) is 0.641. The molecule has 2 N–H and O–H groups in total. The molecule has 1 heterocycles. The largest absolute Gasteiger partial charge is 0.383 e. The van der Waals surface area contributed by atoms with Gasteiger partial charge in [0.15, 0.2) is 0 Å². The molecule has 0 aliphatic rings. The molecule has 0 aliphatic heterocycles. The lowest BCUT2D eigenvalue weighted by Crippen LogP contribution is -2.37. The standard InChI is InChI=1S/C14H15N3O3/c1-20-9-8-16-13(18)14(19)17-11-6-2-4-10-5-3-7-15-12(10)11/h2-7H,8-9H2,1H3,(H,16,18)(H,17,19). The van der Waals surface area contributed by atoms with Gasteiger partial charge in [0.25, 0.3) is 0 Å². The Morgan fingerprint density at radius 3 is 2.80 bits per heavy atom. The number of para-hydroxylation sites is 1. The molecular formula is C14H15N3O3. The third-order valence-corrected chi connectivity index (χ3v) is 2.68. The summed E-state index contributed by atoms with van der Waals surface area (Å²) < 4.78 is 4.79. The van der Waals surface area contributed by atoms with E-state index in [1.807, 2.05) is 18.2 Å². The maximum atomic E-state index is 11.8. The lowest BCUT2D eigenvalue weighted by molar-refractivity contribution is -0.136. The maximum Gasteiger partial charge on any atom is 0.313 e. The highest BCUT2D eigenvalue weighted by Gasteiger charge is 2.14. The van der Waals surface area contributed by atoms with Crippen molar-refractivity contribution in [2.24, 2.45) is 0 Å². The number of hydrogen-bond acceptors (Lipinski definition) is 4. The van der Waals surface area contributed by atoms with Crippen LogP contribution in [0.5, 0.6) is 0 Å². The van der Waals surface area contributed by atoms with Gasteiger partial charge in [-0.2, -0.15) is 0 Å². The van der Waals surface area contributed by atoms with Crippen LogP contribution < -0.4 is 10.6 Å². The SMILES string of the molecule is COCCNC(=O)C(=O)Nc1cccc2cccnc12. The molecule has 20 heavy (non-hydrogen) atoms. The second-order valence-electron chi connectivity index (χ2n) is 4.08. The maximum absolute atomic E-state index is 11.8. The molecule has 0 unspecified atom stereocenters. The third-order valence-electron chi connectivity index (χ3n) is 2.68. The monoisotopic (exact) mass is 273 g/mol. The van der Waals surface area contributed by atoms with Gasteiger partial charge in [-0.1, -0.05) is 18.2 Å². The summed E-state index contributed by atoms with van der Waals surface area (Å²) in [4.78, 5) is 27.5. The van der Waals surface area contributed by atoms with Crippen LogP contribution in [0.25, 0.3) is 10.9 Å². The van der Waals surface area contributed by atoms with Crippen LogP contribution in [-0.4, -0.2) is 37.1 Å². The van der Waals surface area contributed by atoms with Gasteiger partial charge in [-0.3, -0.25) is 14.6 Å². The van der Waals surface area contributed by atoms with E-state index in [-0.39, 0.29) is 6.54 Å². The molecule has 0 fully saturated rings. The Kier molecular flexibility index (Phi) is 4.62. The van der Waals surface area contributed by atoms with E-state index in [9.17, 15) is 9.59 Å². The minimum atomic E-state index is -0.723. The molecule has 0 saturated heterocycles. The van der Waals surface area contributed by atoms with Crippen molar-refractivity contribution >= 4 is 28.4 Å². The van der Waals surface area contributed by atoms with E-state index in [0.29, 0.717) is 17.8 Å². The number of ether oxygens (including phenoxy) is 1. The molecular weight excluding hydrogens is 258 g/mol. The first kappa shape index (κ1) is 14.0. The number of carbonyl (C=O) groups excluding carboxylic acids is 2. The molecule has 0 aliphatic carbocycles. The Hall–Kier alpha value is -2.47. The summed E-state index contributed by atoms with van der Waals surface area (Å²) in [5.74, 6) is -1.42. The van der Waals surface area contributed by atoms with Crippen LogP contribution in [0, 0.1) is 0 Å². The predicted octanol–water partition coefficient (Wildman–Crippen LogP) is 0.936. The fourth-order valence-electron chi connectivity index (χ4n) is 1.73. The molecule has 0 radical (unpaired) electrons. The molecule has 0 spiro atoms. The number of benzene rings is 1. The number of methoxy groups -OCH3 is 1. The van der Waals surface area contributed by atoms with Crippen LogP contribution in [0.2, 0.25) is 0 Å². The highest BCUT2D eigenvalue weighted by Crippen LogP contribution is 2.20. The molecule has 104 valence electrons. The third kappa shape index (κ3) is 3.30. The molecule has 0 saturated carbocycles. The lowest BCUT2D eigenvalue weighted by atomic mass is 10.2. The number of pyridine rings is 1. The average molecular weight is 273 g/mol. The molecule has 1 aromatic carbocycles. The number of nitrogens with one attached hydrogen (secondary N) is 2. The second-order valence-corrected chi connectivity index (χ2v) is 4.08. The van der Waals surface area contributed by atoms with Crippen molar-refractivity contribution in [3.8, 4) is 0 Å². The van der Waals surface area contributed by atoms with Gasteiger partial charge in [0.2, 0.25) is 0 Å². The van der Waals surface area contributed by atoms with Crippen LogP contribution in [0.15, 0.2) is 36.5 Å². The molecule has 2 aromatic rings. The number of hydrogen-bond donors (Lipinski definition) is 2. The summed E-state index contributed by atoms with van der Waals surface area (Å²) in [6.45, 7) is 0.644. The second kappa shape index (κ2) is 6.63. The fourth-order valence-corrected chi connectivity index (χ4v) is 1.73. The van der Waals surface area contributed by atoms with Crippen LogP contribution in [0.1, 0.15) is 0 Å². The Morgan fingerprint density at radius 1 is 1.20 bits per heavy atom. The topological polar surface area (TPSA) is 80.3 Å². The smallest absolute Gasteiger partial charge is 0.313 e. The van der Waals surface area contributed by atoms with E-state index < -0.39 is 11.8 Å². The Labute approximate surface area is 116 Å². The number of carbonyl (C=O) groups is 2. The minimum Gasteiger partial charge on any atom is -0.383 e. The summed E-state index contributed by atoms with van der Waals surface area (Å²) >= 11 is 0. The number of amides is 2. The number of nitrogens with zero attached hydrogens (tertiary/aromatic N) is 1. The Morgan fingerprint density at radius 2 is 2.00 bits per heavy atom.